The van der Waals surface area contributed by atoms with Crippen LogP contribution in [0.5, 0.6) is 0 Å². The number of ether oxygens (including phenoxy) is 2. The summed E-state index contributed by atoms with van der Waals surface area (Å²) in [5, 5.41) is 3.47. The average molecular weight is 330 g/mol. The quantitative estimate of drug-likeness (QED) is 0.610. The lowest BCUT2D eigenvalue weighted by Crippen LogP contribution is -2.30. The first-order valence-electron chi connectivity index (χ1n) is 7.46. The van der Waals surface area contributed by atoms with Crippen LogP contribution in [0.2, 0.25) is 0 Å². The molecule has 0 aliphatic heterocycles. The maximum atomic E-state index is 11.9. The average Bonchev–Trinajstić information content (AvgIpc) is 2.62. The van der Waals surface area contributed by atoms with Crippen LogP contribution in [0.1, 0.15) is 23.3 Å². The lowest BCUT2D eigenvalue weighted by molar-refractivity contribution is -0.140. The highest BCUT2D eigenvalue weighted by Crippen LogP contribution is 2.12. The summed E-state index contributed by atoms with van der Waals surface area (Å²) in [6.07, 6.45) is 0.677. The molecular weight excluding hydrogens is 312 g/mol. The Kier molecular flexibility index (Phi) is 6.24. The van der Waals surface area contributed by atoms with Gasteiger partial charge in [-0.2, -0.15) is 0 Å². The summed E-state index contributed by atoms with van der Waals surface area (Å²) in [5.74, 6) is -1.43. The van der Waals surface area contributed by atoms with E-state index in [1.54, 1.807) is 18.2 Å². The molecule has 0 aliphatic rings. The van der Waals surface area contributed by atoms with E-state index < -0.39 is 18.5 Å². The lowest BCUT2D eigenvalue weighted by Gasteiger charge is -2.06. The Balaban J connectivity index is 1.77. The van der Waals surface area contributed by atoms with Crippen molar-refractivity contribution in [2.45, 2.75) is 12.8 Å². The number of methoxy groups -OCH3 is 1. The summed E-state index contributed by atoms with van der Waals surface area (Å²) in [6, 6.07) is 10.7. The highest BCUT2D eigenvalue weighted by molar-refractivity contribution is 5.92. The van der Waals surface area contributed by atoms with Crippen LogP contribution in [0.25, 0.3) is 10.9 Å². The van der Waals surface area contributed by atoms with E-state index in [0.29, 0.717) is 18.5 Å². The first-order chi connectivity index (χ1) is 11.6. The van der Waals surface area contributed by atoms with Gasteiger partial charge in [-0.15, -0.1) is 0 Å². The number of carbonyl (C=O) groups excluding carboxylic acids is 3. The number of carbonyl (C=O) groups is 3. The summed E-state index contributed by atoms with van der Waals surface area (Å²) >= 11 is 0. The van der Waals surface area contributed by atoms with E-state index in [2.05, 4.69) is 15.0 Å². The molecule has 2 rings (SSSR count). The maximum absolute atomic E-state index is 11.9. The van der Waals surface area contributed by atoms with Crippen LogP contribution in [0, 0.1) is 0 Å². The molecule has 1 heterocycles. The van der Waals surface area contributed by atoms with E-state index in [1.807, 2.05) is 18.2 Å². The SMILES string of the molecule is COC(=O)CCCNC(=O)COC(=O)c1ccc2ccccc2n1. The summed E-state index contributed by atoms with van der Waals surface area (Å²) in [4.78, 5) is 38.6. The van der Waals surface area contributed by atoms with Crippen molar-refractivity contribution in [2.75, 3.05) is 20.3 Å². The zero-order chi connectivity index (χ0) is 17.4. The van der Waals surface area contributed by atoms with Gasteiger partial charge in [0, 0.05) is 18.4 Å². The van der Waals surface area contributed by atoms with Gasteiger partial charge in [0.05, 0.1) is 12.6 Å². The van der Waals surface area contributed by atoms with Gasteiger partial charge in [-0.05, 0) is 18.6 Å². The zero-order valence-electron chi connectivity index (χ0n) is 13.3. The Labute approximate surface area is 139 Å². The van der Waals surface area contributed by atoms with Crippen LogP contribution in [0.15, 0.2) is 36.4 Å². The van der Waals surface area contributed by atoms with Crippen LogP contribution >= 0.6 is 0 Å². The summed E-state index contributed by atoms with van der Waals surface area (Å²) in [6.45, 7) is -0.0920. The van der Waals surface area contributed by atoms with Gasteiger partial charge >= 0.3 is 11.9 Å². The molecule has 1 aromatic heterocycles. The van der Waals surface area contributed by atoms with Crippen LogP contribution < -0.4 is 5.32 Å². The number of nitrogens with one attached hydrogen (secondary N) is 1. The predicted molar refractivity (Wildman–Crippen MR) is 86.3 cm³/mol. The minimum absolute atomic E-state index is 0.146. The monoisotopic (exact) mass is 330 g/mol. The van der Waals surface area contributed by atoms with Gasteiger partial charge < -0.3 is 14.8 Å². The minimum Gasteiger partial charge on any atom is -0.469 e. The number of hydrogen-bond donors (Lipinski definition) is 1. The van der Waals surface area contributed by atoms with Crippen LogP contribution in [0.3, 0.4) is 0 Å². The van der Waals surface area contributed by atoms with Crippen molar-refractivity contribution in [3.63, 3.8) is 0 Å². The third-order valence-electron chi connectivity index (χ3n) is 3.25. The van der Waals surface area contributed by atoms with Crippen LogP contribution in [-0.4, -0.2) is 43.1 Å². The number of hydrogen-bond acceptors (Lipinski definition) is 6. The van der Waals surface area contributed by atoms with Gasteiger partial charge in [0.25, 0.3) is 5.91 Å². The molecule has 0 atom stereocenters. The van der Waals surface area contributed by atoms with Crippen molar-refractivity contribution in [3.05, 3.63) is 42.1 Å². The van der Waals surface area contributed by atoms with Gasteiger partial charge in [0.2, 0.25) is 0 Å². The van der Waals surface area contributed by atoms with Crippen molar-refractivity contribution in [2.24, 2.45) is 0 Å². The Morgan fingerprint density at radius 2 is 1.92 bits per heavy atom. The maximum Gasteiger partial charge on any atom is 0.357 e. The van der Waals surface area contributed by atoms with E-state index in [9.17, 15) is 14.4 Å². The molecule has 0 unspecified atom stereocenters. The molecule has 24 heavy (non-hydrogen) atoms. The highest BCUT2D eigenvalue weighted by atomic mass is 16.5. The van der Waals surface area contributed by atoms with E-state index >= 15 is 0 Å². The predicted octanol–water partition coefficient (Wildman–Crippen LogP) is 1.46. The van der Waals surface area contributed by atoms with Crippen LogP contribution in [-0.2, 0) is 19.1 Å². The number of pyridine rings is 1. The summed E-state index contributed by atoms with van der Waals surface area (Å²) in [7, 11) is 1.31. The third-order valence-corrected chi connectivity index (χ3v) is 3.25. The first kappa shape index (κ1) is 17.4. The molecule has 7 heteroatoms. The minimum atomic E-state index is -0.662. The van der Waals surface area contributed by atoms with Crippen molar-refractivity contribution in [1.29, 1.82) is 0 Å². The van der Waals surface area contributed by atoms with E-state index in [-0.39, 0.29) is 18.1 Å². The molecule has 0 spiro atoms. The van der Waals surface area contributed by atoms with E-state index in [1.165, 1.54) is 7.11 Å². The van der Waals surface area contributed by atoms with E-state index in [4.69, 9.17) is 4.74 Å². The number of fused-ring (bicyclic) bond motifs is 1. The zero-order valence-corrected chi connectivity index (χ0v) is 13.3. The Hall–Kier alpha value is -2.96. The fraction of sp³-hybridized carbons (Fsp3) is 0.294. The summed E-state index contributed by atoms with van der Waals surface area (Å²) in [5.41, 5.74) is 0.825. The van der Waals surface area contributed by atoms with Gasteiger partial charge in [-0.25, -0.2) is 9.78 Å². The fourth-order valence-corrected chi connectivity index (χ4v) is 2.00. The molecule has 1 N–H and O–H groups in total. The second-order valence-electron chi connectivity index (χ2n) is 4.99. The van der Waals surface area contributed by atoms with Gasteiger partial charge in [-0.3, -0.25) is 9.59 Å². The number of aromatic nitrogens is 1. The number of nitrogens with zero attached hydrogens (tertiary/aromatic N) is 1. The Morgan fingerprint density at radius 1 is 1.12 bits per heavy atom. The molecule has 0 aliphatic carbocycles. The molecule has 0 radical (unpaired) electrons. The topological polar surface area (TPSA) is 94.6 Å². The van der Waals surface area contributed by atoms with Gasteiger partial charge in [-0.1, -0.05) is 24.3 Å². The van der Waals surface area contributed by atoms with Crippen molar-refractivity contribution in [3.8, 4) is 0 Å². The lowest BCUT2D eigenvalue weighted by atomic mass is 10.2. The second kappa shape index (κ2) is 8.61. The number of benzene rings is 1. The third kappa shape index (κ3) is 5.05. The fourth-order valence-electron chi connectivity index (χ4n) is 2.00. The smallest absolute Gasteiger partial charge is 0.357 e. The Bertz CT molecular complexity index is 745. The van der Waals surface area contributed by atoms with Gasteiger partial charge in [0.15, 0.2) is 6.61 Å². The first-order valence-corrected chi connectivity index (χ1v) is 7.46. The summed E-state index contributed by atoms with van der Waals surface area (Å²) < 4.78 is 9.42. The number of rotatable bonds is 7. The van der Waals surface area contributed by atoms with Crippen molar-refractivity contribution < 1.29 is 23.9 Å². The molecule has 7 nitrogen and oxygen atoms in total. The second-order valence-corrected chi connectivity index (χ2v) is 4.99. The standard InChI is InChI=1S/C17H18N2O5/c1-23-16(21)7-4-10-18-15(20)11-24-17(22)14-9-8-12-5-2-3-6-13(12)19-14/h2-3,5-6,8-9H,4,7,10-11H2,1H3,(H,18,20). The van der Waals surface area contributed by atoms with Crippen molar-refractivity contribution >= 4 is 28.7 Å². The molecule has 0 bridgehead atoms. The largest absolute Gasteiger partial charge is 0.469 e. The highest BCUT2D eigenvalue weighted by Gasteiger charge is 2.12. The molecule has 1 aromatic carbocycles. The molecule has 2 aromatic rings. The molecule has 0 saturated carbocycles. The molecular formula is C17H18N2O5. The number of amides is 1. The molecule has 0 saturated heterocycles. The number of esters is 2. The van der Waals surface area contributed by atoms with E-state index in [0.717, 1.165) is 5.39 Å². The normalized spacial score (nSPS) is 10.2. The molecule has 126 valence electrons. The Morgan fingerprint density at radius 3 is 2.71 bits per heavy atom. The van der Waals surface area contributed by atoms with Crippen LogP contribution in [0.4, 0.5) is 0 Å². The van der Waals surface area contributed by atoms with Crippen molar-refractivity contribution in [1.82, 2.24) is 10.3 Å². The molecule has 1 amide bonds. The van der Waals surface area contributed by atoms with Gasteiger partial charge in [0.1, 0.15) is 5.69 Å². The molecule has 0 fully saturated rings. The number of para-hydroxylation sites is 1.